The molecule has 3 heterocycles. The van der Waals surface area contributed by atoms with E-state index in [9.17, 15) is 21.6 Å². The van der Waals surface area contributed by atoms with Gasteiger partial charge in [0.25, 0.3) is 10.0 Å². The van der Waals surface area contributed by atoms with Gasteiger partial charge in [0.05, 0.1) is 23.0 Å². The summed E-state index contributed by atoms with van der Waals surface area (Å²) in [5, 5.41) is 7.40. The van der Waals surface area contributed by atoms with Gasteiger partial charge in [-0.1, -0.05) is 6.08 Å². The van der Waals surface area contributed by atoms with Crippen molar-refractivity contribution < 1.29 is 21.6 Å². The van der Waals surface area contributed by atoms with Crippen LogP contribution in [0, 0.1) is 6.92 Å². The maximum absolute atomic E-state index is 13.3. The normalized spacial score (nSPS) is 15.7. The Morgan fingerprint density at radius 1 is 1.24 bits per heavy atom. The summed E-state index contributed by atoms with van der Waals surface area (Å²) in [7, 11) is -2.40. The molecule has 0 atom stereocenters. The molecule has 1 aliphatic rings. The molecule has 2 aromatic heterocycles. The minimum absolute atomic E-state index is 0.0163. The lowest BCUT2D eigenvalue weighted by Gasteiger charge is -2.13. The van der Waals surface area contributed by atoms with E-state index in [-0.39, 0.29) is 15.8 Å². The van der Waals surface area contributed by atoms with Crippen LogP contribution in [0.2, 0.25) is 0 Å². The average molecular weight is 424 g/mol. The van der Waals surface area contributed by atoms with Crippen molar-refractivity contribution in [3.63, 3.8) is 0 Å². The zero-order valence-corrected chi connectivity index (χ0v) is 16.6. The van der Waals surface area contributed by atoms with Crippen LogP contribution in [0.1, 0.15) is 23.2 Å². The van der Waals surface area contributed by atoms with E-state index in [4.69, 9.17) is 0 Å². The predicted molar refractivity (Wildman–Crippen MR) is 103 cm³/mol. The topological polar surface area (TPSA) is 68.9 Å². The van der Waals surface area contributed by atoms with Crippen molar-refractivity contribution >= 4 is 26.5 Å². The largest absolute Gasteiger partial charge is 0.416 e. The van der Waals surface area contributed by atoms with Crippen LogP contribution in [0.3, 0.4) is 0 Å². The molecule has 6 nitrogen and oxygen atoms in total. The Morgan fingerprint density at radius 2 is 2.00 bits per heavy atom. The van der Waals surface area contributed by atoms with Crippen LogP contribution in [-0.2, 0) is 23.2 Å². The van der Waals surface area contributed by atoms with Gasteiger partial charge in [0.1, 0.15) is 4.90 Å². The molecule has 0 fully saturated rings. The first-order chi connectivity index (χ1) is 13.6. The minimum atomic E-state index is -4.52. The summed E-state index contributed by atoms with van der Waals surface area (Å²) >= 11 is 0. The third-order valence-electron chi connectivity index (χ3n) is 5.23. The number of nitrogens with one attached hydrogen (secondary N) is 1. The predicted octanol–water partition coefficient (Wildman–Crippen LogP) is 3.32. The molecule has 0 amide bonds. The van der Waals surface area contributed by atoms with E-state index in [2.05, 4.69) is 10.4 Å². The quantitative estimate of drug-likeness (QED) is 0.701. The summed E-state index contributed by atoms with van der Waals surface area (Å²) in [6.07, 6.45) is 0.634. The van der Waals surface area contributed by atoms with Crippen molar-refractivity contribution in [2.45, 2.75) is 24.4 Å². The van der Waals surface area contributed by atoms with Gasteiger partial charge in [-0.2, -0.15) is 18.3 Å². The summed E-state index contributed by atoms with van der Waals surface area (Å²) in [5.41, 5.74) is 1.16. The van der Waals surface area contributed by atoms with Crippen molar-refractivity contribution in [3.05, 3.63) is 53.5 Å². The summed E-state index contributed by atoms with van der Waals surface area (Å²) in [4.78, 5) is 0.0163. The third kappa shape index (κ3) is 3.25. The van der Waals surface area contributed by atoms with Gasteiger partial charge >= 0.3 is 6.18 Å². The Kier molecular flexibility index (Phi) is 4.58. The summed E-state index contributed by atoms with van der Waals surface area (Å²) in [6.45, 7) is 2.88. The molecule has 0 aliphatic carbocycles. The van der Waals surface area contributed by atoms with Crippen molar-refractivity contribution in [1.29, 1.82) is 0 Å². The highest BCUT2D eigenvalue weighted by Crippen LogP contribution is 2.37. The van der Waals surface area contributed by atoms with Gasteiger partial charge in [0.2, 0.25) is 0 Å². The highest BCUT2D eigenvalue weighted by Gasteiger charge is 2.32. The smallest absolute Gasteiger partial charge is 0.313 e. The lowest BCUT2D eigenvalue weighted by Crippen LogP contribution is -2.20. The molecule has 0 bridgehead atoms. The fourth-order valence-electron chi connectivity index (χ4n) is 3.54. The second-order valence-electron chi connectivity index (χ2n) is 6.97. The summed E-state index contributed by atoms with van der Waals surface area (Å²) in [6, 6.07) is 3.15. The van der Waals surface area contributed by atoms with Gasteiger partial charge in [-0.05, 0) is 43.7 Å². The molecular formula is C19H19F3N4O2S. The molecule has 1 N–H and O–H groups in total. The Labute approximate surface area is 165 Å². The number of alkyl halides is 3. The first kappa shape index (κ1) is 19.7. The highest BCUT2D eigenvalue weighted by molar-refractivity contribution is 7.90. The molecule has 10 heteroatoms. The lowest BCUT2D eigenvalue weighted by atomic mass is 9.98. The standard InChI is InChI=1S/C19H19F3N4O2S/c1-12-18(10-24-25(12)2)29(27,28)26-11-16(13-5-7-23-8-6-13)15-9-14(19(20,21)22)3-4-17(15)26/h3-5,9-11,23H,6-8H2,1-2H3. The fourth-order valence-corrected chi connectivity index (χ4v) is 5.10. The van der Waals surface area contributed by atoms with Gasteiger partial charge in [0, 0.05) is 30.7 Å². The van der Waals surface area contributed by atoms with Crippen LogP contribution in [0.5, 0.6) is 0 Å². The zero-order chi connectivity index (χ0) is 21.0. The van der Waals surface area contributed by atoms with Gasteiger partial charge in [-0.3, -0.25) is 4.68 Å². The highest BCUT2D eigenvalue weighted by atomic mass is 32.2. The van der Waals surface area contributed by atoms with Gasteiger partial charge in [0.15, 0.2) is 0 Å². The SMILES string of the molecule is Cc1c(S(=O)(=O)n2cc(C3=CCNCC3)c3cc(C(F)(F)F)ccc32)cnn1C. The number of aromatic nitrogens is 3. The van der Waals surface area contributed by atoms with E-state index in [0.29, 0.717) is 30.8 Å². The van der Waals surface area contributed by atoms with Crippen LogP contribution >= 0.6 is 0 Å². The van der Waals surface area contributed by atoms with E-state index in [1.54, 1.807) is 14.0 Å². The Balaban J connectivity index is 2.00. The van der Waals surface area contributed by atoms with Gasteiger partial charge < -0.3 is 5.32 Å². The number of hydrogen-bond acceptors (Lipinski definition) is 4. The zero-order valence-electron chi connectivity index (χ0n) is 15.8. The molecule has 1 aromatic carbocycles. The van der Waals surface area contributed by atoms with Gasteiger partial charge in [-0.15, -0.1) is 0 Å². The molecule has 3 aromatic rings. The van der Waals surface area contributed by atoms with Gasteiger partial charge in [-0.25, -0.2) is 12.4 Å². The number of rotatable bonds is 3. The first-order valence-corrected chi connectivity index (χ1v) is 10.4. The third-order valence-corrected chi connectivity index (χ3v) is 7.01. The Hall–Kier alpha value is -2.59. The second kappa shape index (κ2) is 6.74. The van der Waals surface area contributed by atoms with E-state index >= 15 is 0 Å². The molecule has 29 heavy (non-hydrogen) atoms. The molecule has 0 saturated carbocycles. The van der Waals surface area contributed by atoms with Crippen LogP contribution in [0.25, 0.3) is 16.5 Å². The Morgan fingerprint density at radius 3 is 2.59 bits per heavy atom. The number of aryl methyl sites for hydroxylation is 1. The lowest BCUT2D eigenvalue weighted by molar-refractivity contribution is -0.137. The molecule has 0 unspecified atom stereocenters. The summed E-state index contributed by atoms with van der Waals surface area (Å²) < 4.78 is 69.0. The van der Waals surface area contributed by atoms with Crippen molar-refractivity contribution in [3.8, 4) is 0 Å². The maximum atomic E-state index is 13.3. The summed E-state index contributed by atoms with van der Waals surface area (Å²) in [5.74, 6) is 0. The number of nitrogens with zero attached hydrogens (tertiary/aromatic N) is 3. The van der Waals surface area contributed by atoms with Crippen LogP contribution in [0.15, 0.2) is 41.6 Å². The van der Waals surface area contributed by atoms with E-state index < -0.39 is 21.8 Å². The molecular weight excluding hydrogens is 405 g/mol. The molecule has 0 spiro atoms. The number of benzene rings is 1. The van der Waals surface area contributed by atoms with E-state index in [1.165, 1.54) is 23.1 Å². The van der Waals surface area contributed by atoms with Crippen LogP contribution in [0.4, 0.5) is 13.2 Å². The molecule has 154 valence electrons. The van der Waals surface area contributed by atoms with Crippen LogP contribution < -0.4 is 5.32 Å². The molecule has 4 rings (SSSR count). The Bertz CT molecular complexity index is 1240. The van der Waals surface area contributed by atoms with Crippen molar-refractivity contribution in [2.24, 2.45) is 7.05 Å². The molecule has 1 aliphatic heterocycles. The van der Waals surface area contributed by atoms with Crippen LogP contribution in [-0.4, -0.2) is 35.3 Å². The number of hydrogen-bond donors (Lipinski definition) is 1. The fraction of sp³-hybridized carbons (Fsp3) is 0.316. The number of fused-ring (bicyclic) bond motifs is 1. The molecule has 0 radical (unpaired) electrons. The monoisotopic (exact) mass is 424 g/mol. The second-order valence-corrected chi connectivity index (χ2v) is 8.76. The van der Waals surface area contributed by atoms with E-state index in [1.807, 2.05) is 6.08 Å². The van der Waals surface area contributed by atoms with Crippen molar-refractivity contribution in [1.82, 2.24) is 19.1 Å². The maximum Gasteiger partial charge on any atom is 0.416 e. The van der Waals surface area contributed by atoms with Crippen molar-refractivity contribution in [2.75, 3.05) is 13.1 Å². The number of halogens is 3. The average Bonchev–Trinajstić information content (AvgIpc) is 3.23. The van der Waals surface area contributed by atoms with E-state index in [0.717, 1.165) is 21.7 Å². The minimum Gasteiger partial charge on any atom is -0.313 e. The first-order valence-electron chi connectivity index (χ1n) is 8.97. The molecule has 0 saturated heterocycles.